The summed E-state index contributed by atoms with van der Waals surface area (Å²) in [6.45, 7) is 2.88. The first-order valence-electron chi connectivity index (χ1n) is 8.35. The summed E-state index contributed by atoms with van der Waals surface area (Å²) < 4.78 is 0. The Morgan fingerprint density at radius 2 is 1.88 bits per heavy atom. The molecule has 1 amide bonds. The number of amides is 1. The molecule has 3 heterocycles. The Labute approximate surface area is 140 Å². The van der Waals surface area contributed by atoms with Gasteiger partial charge in [0.25, 0.3) is 5.91 Å². The highest BCUT2D eigenvalue weighted by Gasteiger charge is 2.24. The summed E-state index contributed by atoms with van der Waals surface area (Å²) in [7, 11) is 0. The molecule has 0 radical (unpaired) electrons. The lowest BCUT2D eigenvalue weighted by atomic mass is 10.2. The van der Waals surface area contributed by atoms with Crippen molar-refractivity contribution in [3.05, 3.63) is 42.2 Å². The van der Waals surface area contributed by atoms with E-state index in [1.807, 2.05) is 29.2 Å². The van der Waals surface area contributed by atoms with Gasteiger partial charge in [0.1, 0.15) is 11.6 Å². The molecule has 2 aromatic rings. The van der Waals surface area contributed by atoms with Crippen LogP contribution >= 0.6 is 0 Å². The van der Waals surface area contributed by atoms with Crippen molar-refractivity contribution in [2.45, 2.75) is 18.9 Å². The fourth-order valence-corrected chi connectivity index (χ4v) is 2.80. The van der Waals surface area contributed by atoms with Gasteiger partial charge >= 0.3 is 0 Å². The number of carbonyl (C=O) groups excluding carboxylic acids is 1. The topological polar surface area (TPSA) is 74.2 Å². The van der Waals surface area contributed by atoms with Crippen molar-refractivity contribution >= 4 is 17.5 Å². The van der Waals surface area contributed by atoms with Crippen LogP contribution < -0.4 is 10.2 Å². The first-order chi connectivity index (χ1) is 11.8. The highest BCUT2D eigenvalue weighted by Crippen LogP contribution is 2.23. The molecule has 0 unspecified atom stereocenters. The van der Waals surface area contributed by atoms with E-state index in [0.29, 0.717) is 24.8 Å². The molecule has 24 heavy (non-hydrogen) atoms. The molecule has 2 fully saturated rings. The summed E-state index contributed by atoms with van der Waals surface area (Å²) >= 11 is 0. The summed E-state index contributed by atoms with van der Waals surface area (Å²) in [5.41, 5.74) is 0.405. The highest BCUT2D eigenvalue weighted by atomic mass is 16.2. The van der Waals surface area contributed by atoms with E-state index in [1.165, 1.54) is 12.8 Å². The Kier molecular flexibility index (Phi) is 3.98. The monoisotopic (exact) mass is 324 g/mol. The molecule has 1 N–H and O–H groups in total. The largest absolute Gasteiger partial charge is 0.366 e. The highest BCUT2D eigenvalue weighted by molar-refractivity contribution is 5.92. The van der Waals surface area contributed by atoms with Gasteiger partial charge in [0, 0.05) is 38.4 Å². The molecule has 7 heteroatoms. The number of rotatable bonds is 4. The van der Waals surface area contributed by atoms with Gasteiger partial charge in [0.2, 0.25) is 0 Å². The maximum Gasteiger partial charge on any atom is 0.274 e. The molecular formula is C17H20N6O. The van der Waals surface area contributed by atoms with E-state index in [2.05, 4.69) is 25.4 Å². The molecule has 124 valence electrons. The summed E-state index contributed by atoms with van der Waals surface area (Å²) in [4.78, 5) is 20.9. The first-order valence-corrected chi connectivity index (χ1v) is 8.35. The SMILES string of the molecule is O=C(c1ccc(NC2CC2)nn1)N1CCN(c2ccccn2)CC1. The predicted molar refractivity (Wildman–Crippen MR) is 91.0 cm³/mol. The van der Waals surface area contributed by atoms with Gasteiger partial charge in [-0.15, -0.1) is 10.2 Å². The summed E-state index contributed by atoms with van der Waals surface area (Å²) in [6, 6.07) is 10.00. The lowest BCUT2D eigenvalue weighted by molar-refractivity contribution is 0.0739. The summed E-state index contributed by atoms with van der Waals surface area (Å²) in [5.74, 6) is 1.65. The van der Waals surface area contributed by atoms with E-state index in [1.54, 1.807) is 12.3 Å². The Balaban J connectivity index is 1.35. The minimum absolute atomic E-state index is 0.0545. The molecule has 1 aliphatic carbocycles. The maximum atomic E-state index is 12.6. The second-order valence-electron chi connectivity index (χ2n) is 6.19. The Bertz CT molecular complexity index is 693. The molecule has 1 saturated carbocycles. The van der Waals surface area contributed by atoms with Crippen molar-refractivity contribution < 1.29 is 4.79 Å². The van der Waals surface area contributed by atoms with Crippen LogP contribution in [0.1, 0.15) is 23.3 Å². The Hall–Kier alpha value is -2.70. The van der Waals surface area contributed by atoms with Crippen LogP contribution in [0.3, 0.4) is 0 Å². The fraction of sp³-hybridized carbons (Fsp3) is 0.412. The van der Waals surface area contributed by atoms with Crippen LogP contribution in [0.5, 0.6) is 0 Å². The standard InChI is InChI=1S/C17H20N6O/c24-17(14-6-7-15(21-20-14)19-13-4-5-13)23-11-9-22(10-12-23)16-3-1-2-8-18-16/h1-3,6-8,13H,4-5,9-12H2,(H,19,21). The van der Waals surface area contributed by atoms with Gasteiger partial charge in [0.15, 0.2) is 5.69 Å². The minimum Gasteiger partial charge on any atom is -0.366 e. The van der Waals surface area contributed by atoms with E-state index in [-0.39, 0.29) is 5.91 Å². The molecule has 0 bridgehead atoms. The van der Waals surface area contributed by atoms with Crippen LogP contribution in [0.25, 0.3) is 0 Å². The average Bonchev–Trinajstić information content (AvgIpc) is 3.47. The van der Waals surface area contributed by atoms with Crippen molar-refractivity contribution in [2.24, 2.45) is 0 Å². The van der Waals surface area contributed by atoms with Gasteiger partial charge in [-0.05, 0) is 37.1 Å². The number of aromatic nitrogens is 3. The van der Waals surface area contributed by atoms with Crippen molar-refractivity contribution in [1.82, 2.24) is 20.1 Å². The molecule has 2 aliphatic rings. The summed E-state index contributed by atoms with van der Waals surface area (Å²) in [5, 5.41) is 11.5. The molecule has 7 nitrogen and oxygen atoms in total. The normalized spacial score (nSPS) is 17.7. The average molecular weight is 324 g/mol. The third kappa shape index (κ3) is 3.29. The number of pyridine rings is 1. The van der Waals surface area contributed by atoms with E-state index >= 15 is 0 Å². The molecule has 1 aliphatic heterocycles. The van der Waals surface area contributed by atoms with Gasteiger partial charge in [-0.2, -0.15) is 0 Å². The van der Waals surface area contributed by atoms with E-state index < -0.39 is 0 Å². The lowest BCUT2D eigenvalue weighted by Crippen LogP contribution is -2.49. The second-order valence-corrected chi connectivity index (χ2v) is 6.19. The smallest absolute Gasteiger partial charge is 0.274 e. The zero-order chi connectivity index (χ0) is 16.4. The summed E-state index contributed by atoms with van der Waals surface area (Å²) in [6.07, 6.45) is 4.16. The van der Waals surface area contributed by atoms with Crippen LogP contribution in [0.4, 0.5) is 11.6 Å². The van der Waals surface area contributed by atoms with Crippen LogP contribution in [0.2, 0.25) is 0 Å². The minimum atomic E-state index is -0.0545. The molecule has 4 rings (SSSR count). The van der Waals surface area contributed by atoms with Gasteiger partial charge in [0.05, 0.1) is 0 Å². The van der Waals surface area contributed by atoms with Crippen LogP contribution in [-0.2, 0) is 0 Å². The van der Waals surface area contributed by atoms with Gasteiger partial charge in [-0.3, -0.25) is 4.79 Å². The quantitative estimate of drug-likeness (QED) is 0.916. The van der Waals surface area contributed by atoms with Gasteiger partial charge < -0.3 is 15.1 Å². The van der Waals surface area contributed by atoms with Crippen molar-refractivity contribution in [3.8, 4) is 0 Å². The number of carbonyl (C=O) groups is 1. The zero-order valence-electron chi connectivity index (χ0n) is 13.4. The number of hydrogen-bond donors (Lipinski definition) is 1. The van der Waals surface area contributed by atoms with Crippen LogP contribution in [0, 0.1) is 0 Å². The van der Waals surface area contributed by atoms with Gasteiger partial charge in [-0.25, -0.2) is 4.98 Å². The number of anilines is 2. The maximum absolute atomic E-state index is 12.6. The van der Waals surface area contributed by atoms with E-state index in [4.69, 9.17) is 0 Å². The number of piperazine rings is 1. The Morgan fingerprint density at radius 1 is 1.04 bits per heavy atom. The molecule has 0 spiro atoms. The molecule has 2 aromatic heterocycles. The molecule has 0 atom stereocenters. The van der Waals surface area contributed by atoms with Crippen molar-refractivity contribution in [3.63, 3.8) is 0 Å². The number of hydrogen-bond acceptors (Lipinski definition) is 6. The molecule has 0 aromatic carbocycles. The van der Waals surface area contributed by atoms with Gasteiger partial charge in [-0.1, -0.05) is 6.07 Å². The number of nitrogens with zero attached hydrogens (tertiary/aromatic N) is 5. The zero-order valence-corrected chi connectivity index (χ0v) is 13.4. The van der Waals surface area contributed by atoms with Crippen molar-refractivity contribution in [1.29, 1.82) is 0 Å². The number of nitrogens with one attached hydrogen (secondary N) is 1. The fourth-order valence-electron chi connectivity index (χ4n) is 2.80. The van der Waals surface area contributed by atoms with E-state index in [0.717, 1.165) is 24.7 Å². The van der Waals surface area contributed by atoms with Crippen LogP contribution in [-0.4, -0.2) is 58.2 Å². The third-order valence-corrected chi connectivity index (χ3v) is 4.35. The third-order valence-electron chi connectivity index (χ3n) is 4.35. The predicted octanol–water partition coefficient (Wildman–Crippen LogP) is 1.41. The van der Waals surface area contributed by atoms with Crippen molar-refractivity contribution in [2.75, 3.05) is 36.4 Å². The van der Waals surface area contributed by atoms with Crippen LogP contribution in [0.15, 0.2) is 36.5 Å². The Morgan fingerprint density at radius 3 is 2.50 bits per heavy atom. The molecule has 1 saturated heterocycles. The van der Waals surface area contributed by atoms with E-state index in [9.17, 15) is 4.79 Å². The lowest BCUT2D eigenvalue weighted by Gasteiger charge is -2.35. The second kappa shape index (κ2) is 6.43. The molecular weight excluding hydrogens is 304 g/mol. The first kappa shape index (κ1) is 14.9.